The van der Waals surface area contributed by atoms with Crippen molar-refractivity contribution < 1.29 is 4.79 Å². The summed E-state index contributed by atoms with van der Waals surface area (Å²) < 4.78 is 1.06. The molecule has 19 heavy (non-hydrogen) atoms. The van der Waals surface area contributed by atoms with E-state index in [0.29, 0.717) is 0 Å². The quantitative estimate of drug-likeness (QED) is 0.556. The van der Waals surface area contributed by atoms with Crippen molar-refractivity contribution >= 4 is 32.8 Å². The number of hydrogen-bond acceptors (Lipinski definition) is 2. The summed E-state index contributed by atoms with van der Waals surface area (Å²) in [5.41, 5.74) is 1.10. The second-order valence-corrected chi connectivity index (χ2v) is 6.87. The topological polar surface area (TPSA) is 17.1 Å². The number of carbonyl (C=O) groups is 1. The first-order chi connectivity index (χ1) is 9.15. The molecule has 0 aliphatic carbocycles. The maximum absolute atomic E-state index is 12.1. The summed E-state index contributed by atoms with van der Waals surface area (Å²) in [4.78, 5) is 12.1. The second-order valence-electron chi connectivity index (χ2n) is 4.85. The van der Waals surface area contributed by atoms with E-state index in [1.54, 1.807) is 0 Å². The smallest absolute Gasteiger partial charge is 0.196 e. The highest BCUT2D eigenvalue weighted by atomic mass is 79.9. The van der Waals surface area contributed by atoms with Crippen molar-refractivity contribution in [2.24, 2.45) is 0 Å². The van der Waals surface area contributed by atoms with E-state index in [2.05, 4.69) is 22.9 Å². The van der Waals surface area contributed by atoms with Crippen LogP contribution in [0.1, 0.15) is 57.4 Å². The lowest BCUT2D eigenvalue weighted by Gasteiger charge is -2.10. The number of thioether (sulfide) groups is 1. The van der Waals surface area contributed by atoms with Crippen LogP contribution in [-0.2, 0) is 4.79 Å². The van der Waals surface area contributed by atoms with Gasteiger partial charge in [-0.1, -0.05) is 79.4 Å². The average Bonchev–Trinajstić information content (AvgIpc) is 2.42. The predicted molar refractivity (Wildman–Crippen MR) is 88.8 cm³/mol. The molecule has 1 atom stereocenters. The lowest BCUT2D eigenvalue weighted by Crippen LogP contribution is -2.05. The minimum Gasteiger partial charge on any atom is -0.287 e. The Bertz CT molecular complexity index is 375. The van der Waals surface area contributed by atoms with Crippen molar-refractivity contribution in [3.8, 4) is 0 Å². The fraction of sp³-hybridized carbons (Fsp3) is 0.562. The molecule has 0 saturated carbocycles. The summed E-state index contributed by atoms with van der Waals surface area (Å²) >= 11 is 4.90. The zero-order valence-corrected chi connectivity index (χ0v) is 14.2. The first-order valence-corrected chi connectivity index (χ1v) is 8.85. The van der Waals surface area contributed by atoms with Crippen LogP contribution in [0.3, 0.4) is 0 Å². The van der Waals surface area contributed by atoms with Gasteiger partial charge in [-0.3, -0.25) is 4.79 Å². The van der Waals surface area contributed by atoms with Crippen LogP contribution < -0.4 is 0 Å². The lowest BCUT2D eigenvalue weighted by molar-refractivity contribution is -0.111. The van der Waals surface area contributed by atoms with Crippen LogP contribution in [0.5, 0.6) is 0 Å². The molecule has 0 fully saturated rings. The van der Waals surface area contributed by atoms with Crippen LogP contribution in [-0.4, -0.2) is 10.9 Å². The third-order valence-corrected chi connectivity index (χ3v) is 4.88. The predicted octanol–water partition coefficient (Wildman–Crippen LogP) is 5.78. The Balaban J connectivity index is 2.27. The van der Waals surface area contributed by atoms with Gasteiger partial charge in [-0.2, -0.15) is 0 Å². The molecule has 1 rings (SSSR count). The minimum atomic E-state index is -0.00579. The minimum absolute atomic E-state index is 0.00579. The van der Waals surface area contributed by atoms with Gasteiger partial charge in [0.1, 0.15) is 0 Å². The highest BCUT2D eigenvalue weighted by molar-refractivity contribution is 9.10. The van der Waals surface area contributed by atoms with Gasteiger partial charge in [0, 0.05) is 10.2 Å². The number of carbonyl (C=O) groups excluding carboxylic acids is 1. The fourth-order valence-corrected chi connectivity index (χ4v) is 3.09. The molecule has 0 aliphatic heterocycles. The molecule has 106 valence electrons. The molecular formula is C16H23BrOS. The van der Waals surface area contributed by atoms with E-state index >= 15 is 0 Å². The molecule has 0 aromatic heterocycles. The van der Waals surface area contributed by atoms with Gasteiger partial charge in [0.05, 0.1) is 5.92 Å². The summed E-state index contributed by atoms with van der Waals surface area (Å²) in [5, 5.41) is 0.290. The van der Waals surface area contributed by atoms with Crippen molar-refractivity contribution in [3.05, 3.63) is 34.3 Å². The van der Waals surface area contributed by atoms with E-state index in [1.165, 1.54) is 37.4 Å². The largest absolute Gasteiger partial charge is 0.287 e. The van der Waals surface area contributed by atoms with Crippen molar-refractivity contribution in [1.82, 2.24) is 0 Å². The summed E-state index contributed by atoms with van der Waals surface area (Å²) in [5.74, 6) is 0.956. The van der Waals surface area contributed by atoms with Gasteiger partial charge < -0.3 is 0 Å². The molecule has 0 bridgehead atoms. The second kappa shape index (κ2) is 9.60. The molecule has 1 aromatic rings. The molecule has 1 unspecified atom stereocenters. The van der Waals surface area contributed by atoms with E-state index in [9.17, 15) is 4.79 Å². The van der Waals surface area contributed by atoms with Gasteiger partial charge in [-0.15, -0.1) is 0 Å². The maximum atomic E-state index is 12.1. The number of rotatable bonds is 8. The third-order valence-electron chi connectivity index (χ3n) is 3.22. The number of unbranched alkanes of at least 4 members (excludes halogenated alkanes) is 4. The van der Waals surface area contributed by atoms with Gasteiger partial charge in [0.15, 0.2) is 5.12 Å². The number of hydrogen-bond donors (Lipinski definition) is 0. The molecule has 0 spiro atoms. The molecule has 0 radical (unpaired) electrons. The third kappa shape index (κ3) is 6.62. The molecule has 3 heteroatoms. The van der Waals surface area contributed by atoms with Gasteiger partial charge in [-0.05, 0) is 24.1 Å². The molecular weight excluding hydrogens is 320 g/mol. The fourth-order valence-electron chi connectivity index (χ4n) is 1.89. The summed E-state index contributed by atoms with van der Waals surface area (Å²) in [6, 6.07) is 8.03. The highest BCUT2D eigenvalue weighted by Gasteiger charge is 2.15. The van der Waals surface area contributed by atoms with Crippen LogP contribution >= 0.6 is 27.7 Å². The molecule has 0 aliphatic rings. The van der Waals surface area contributed by atoms with Crippen LogP contribution in [0.25, 0.3) is 0 Å². The summed E-state index contributed by atoms with van der Waals surface area (Å²) in [6.07, 6.45) is 6.29. The number of benzene rings is 1. The maximum Gasteiger partial charge on any atom is 0.196 e. The molecule has 0 heterocycles. The Hall–Kier alpha value is -0.280. The Morgan fingerprint density at radius 2 is 1.79 bits per heavy atom. The van der Waals surface area contributed by atoms with Crippen LogP contribution in [0.15, 0.2) is 28.7 Å². The highest BCUT2D eigenvalue weighted by Crippen LogP contribution is 2.24. The van der Waals surface area contributed by atoms with E-state index < -0.39 is 0 Å². The van der Waals surface area contributed by atoms with E-state index in [0.717, 1.165) is 22.2 Å². The average molecular weight is 343 g/mol. The monoisotopic (exact) mass is 342 g/mol. The SMILES string of the molecule is CCCCCCCSC(=O)C(C)c1ccc(Br)cc1. The normalized spacial score (nSPS) is 12.4. The summed E-state index contributed by atoms with van der Waals surface area (Å²) in [7, 11) is 0. The van der Waals surface area contributed by atoms with E-state index in [1.807, 2.05) is 31.2 Å². The first kappa shape index (κ1) is 16.8. The van der Waals surface area contributed by atoms with Crippen molar-refractivity contribution in [2.75, 3.05) is 5.75 Å². The Morgan fingerprint density at radius 3 is 2.42 bits per heavy atom. The van der Waals surface area contributed by atoms with Crippen molar-refractivity contribution in [3.63, 3.8) is 0 Å². The Kier molecular flexibility index (Phi) is 8.47. The van der Waals surface area contributed by atoms with Gasteiger partial charge in [0.25, 0.3) is 0 Å². The van der Waals surface area contributed by atoms with Crippen LogP contribution in [0, 0.1) is 0 Å². The van der Waals surface area contributed by atoms with Crippen molar-refractivity contribution in [2.45, 2.75) is 51.9 Å². The van der Waals surface area contributed by atoms with Gasteiger partial charge in [0.2, 0.25) is 0 Å². The van der Waals surface area contributed by atoms with Crippen LogP contribution in [0.4, 0.5) is 0 Å². The zero-order valence-electron chi connectivity index (χ0n) is 11.8. The molecule has 1 nitrogen and oxygen atoms in total. The molecule has 1 aromatic carbocycles. The van der Waals surface area contributed by atoms with Crippen LogP contribution in [0.2, 0.25) is 0 Å². The molecule has 0 N–H and O–H groups in total. The Morgan fingerprint density at radius 1 is 1.16 bits per heavy atom. The van der Waals surface area contributed by atoms with E-state index in [-0.39, 0.29) is 11.0 Å². The van der Waals surface area contributed by atoms with E-state index in [4.69, 9.17) is 0 Å². The molecule has 0 amide bonds. The number of halogens is 1. The Labute approximate surface area is 129 Å². The summed E-state index contributed by atoms with van der Waals surface area (Å²) in [6.45, 7) is 4.22. The standard InChI is InChI=1S/C16H23BrOS/c1-3-4-5-6-7-12-19-16(18)13(2)14-8-10-15(17)11-9-14/h8-11,13H,3-7,12H2,1-2H3. The van der Waals surface area contributed by atoms with Crippen molar-refractivity contribution in [1.29, 1.82) is 0 Å². The lowest BCUT2D eigenvalue weighted by atomic mass is 10.0. The van der Waals surface area contributed by atoms with Gasteiger partial charge in [-0.25, -0.2) is 0 Å². The first-order valence-electron chi connectivity index (χ1n) is 7.07. The molecule has 0 saturated heterocycles. The van der Waals surface area contributed by atoms with Gasteiger partial charge >= 0.3 is 0 Å². The zero-order chi connectivity index (χ0) is 14.1.